The molecule has 0 radical (unpaired) electrons. The van der Waals surface area contributed by atoms with Crippen LogP contribution < -0.4 is 0 Å². The molecule has 152 valence electrons. The van der Waals surface area contributed by atoms with Gasteiger partial charge in [0.25, 0.3) is 10.1 Å². The Morgan fingerprint density at radius 3 is 2.41 bits per heavy atom. The van der Waals surface area contributed by atoms with E-state index in [4.69, 9.17) is 13.7 Å². The average Bonchev–Trinajstić information content (AvgIpc) is 2.58. The van der Waals surface area contributed by atoms with Gasteiger partial charge in [-0.3, -0.25) is 4.18 Å². The maximum atomic E-state index is 12.4. The summed E-state index contributed by atoms with van der Waals surface area (Å²) < 4.78 is 40.9. The lowest BCUT2D eigenvalue weighted by Crippen LogP contribution is -2.50. The number of benzene rings is 1. The van der Waals surface area contributed by atoms with Crippen LogP contribution >= 0.6 is 0 Å². The summed E-state index contributed by atoms with van der Waals surface area (Å²) in [6.07, 6.45) is -0.142. The van der Waals surface area contributed by atoms with E-state index in [-0.39, 0.29) is 23.5 Å². The molecule has 2 rings (SSSR count). The van der Waals surface area contributed by atoms with Gasteiger partial charge in [-0.25, -0.2) is 4.79 Å². The van der Waals surface area contributed by atoms with Crippen molar-refractivity contribution in [1.82, 2.24) is 4.90 Å². The zero-order valence-electron chi connectivity index (χ0n) is 16.6. The van der Waals surface area contributed by atoms with Crippen LogP contribution in [-0.2, 0) is 23.8 Å². The quantitative estimate of drug-likeness (QED) is 0.708. The lowest BCUT2D eigenvalue weighted by molar-refractivity contribution is -0.0376. The number of hydrogen-bond donors (Lipinski definition) is 0. The van der Waals surface area contributed by atoms with Crippen molar-refractivity contribution >= 4 is 16.2 Å². The van der Waals surface area contributed by atoms with E-state index in [1.165, 1.54) is 12.1 Å². The highest BCUT2D eigenvalue weighted by atomic mass is 32.2. The third-order valence-electron chi connectivity index (χ3n) is 4.40. The van der Waals surface area contributed by atoms with Crippen LogP contribution in [0.4, 0.5) is 4.79 Å². The minimum atomic E-state index is -3.82. The van der Waals surface area contributed by atoms with Crippen molar-refractivity contribution in [2.45, 2.75) is 50.7 Å². The molecule has 0 unspecified atom stereocenters. The standard InChI is InChI=1S/C19H29NO6S/c1-14-6-8-16(9-7-14)27(22,23)25-13-15-10-11-20(12-17(15)24-5)18(21)26-19(2,3)4/h6-9,15,17H,10-13H2,1-5H3/t15-,17+/m1/s1. The Labute approximate surface area is 161 Å². The Morgan fingerprint density at radius 1 is 1.22 bits per heavy atom. The summed E-state index contributed by atoms with van der Waals surface area (Å²) in [6, 6.07) is 6.52. The van der Waals surface area contributed by atoms with E-state index in [1.54, 1.807) is 24.1 Å². The largest absolute Gasteiger partial charge is 0.444 e. The zero-order valence-corrected chi connectivity index (χ0v) is 17.4. The van der Waals surface area contributed by atoms with E-state index < -0.39 is 21.8 Å². The fourth-order valence-electron chi connectivity index (χ4n) is 2.87. The third kappa shape index (κ3) is 6.19. The minimum absolute atomic E-state index is 0.0108. The van der Waals surface area contributed by atoms with Crippen LogP contribution in [0.5, 0.6) is 0 Å². The molecule has 7 nitrogen and oxygen atoms in total. The molecule has 1 fully saturated rings. The second kappa shape index (κ2) is 8.58. The zero-order chi connectivity index (χ0) is 20.2. The van der Waals surface area contributed by atoms with Gasteiger partial charge >= 0.3 is 6.09 Å². The predicted molar refractivity (Wildman–Crippen MR) is 101 cm³/mol. The average molecular weight is 400 g/mol. The molecule has 1 aromatic rings. The molecule has 0 N–H and O–H groups in total. The number of carbonyl (C=O) groups is 1. The van der Waals surface area contributed by atoms with Crippen molar-refractivity contribution in [2.75, 3.05) is 26.8 Å². The van der Waals surface area contributed by atoms with Crippen LogP contribution in [0.25, 0.3) is 0 Å². The molecule has 1 amide bonds. The molecule has 0 saturated carbocycles. The van der Waals surface area contributed by atoms with E-state index in [0.717, 1.165) is 5.56 Å². The molecule has 0 aliphatic carbocycles. The Morgan fingerprint density at radius 2 is 1.85 bits per heavy atom. The lowest BCUT2D eigenvalue weighted by atomic mass is 9.95. The summed E-state index contributed by atoms with van der Waals surface area (Å²) in [5.41, 5.74) is 0.407. The fourth-order valence-corrected chi connectivity index (χ4v) is 3.82. The third-order valence-corrected chi connectivity index (χ3v) is 5.69. The normalized spacial score (nSPS) is 21.1. The predicted octanol–water partition coefficient (Wildman–Crippen LogP) is 2.97. The first-order valence-corrected chi connectivity index (χ1v) is 10.4. The number of hydrogen-bond acceptors (Lipinski definition) is 6. The molecule has 2 atom stereocenters. The maximum Gasteiger partial charge on any atom is 0.410 e. The molecule has 1 aliphatic heterocycles. The van der Waals surface area contributed by atoms with Gasteiger partial charge in [-0.1, -0.05) is 17.7 Å². The van der Waals surface area contributed by atoms with Crippen LogP contribution in [0.1, 0.15) is 32.8 Å². The second-order valence-corrected chi connectivity index (χ2v) is 9.42. The summed E-state index contributed by atoms with van der Waals surface area (Å²) >= 11 is 0. The highest BCUT2D eigenvalue weighted by Gasteiger charge is 2.34. The van der Waals surface area contributed by atoms with Crippen molar-refractivity contribution in [3.63, 3.8) is 0 Å². The molecule has 1 saturated heterocycles. The van der Waals surface area contributed by atoms with Gasteiger partial charge < -0.3 is 14.4 Å². The van der Waals surface area contributed by atoms with Crippen molar-refractivity contribution in [1.29, 1.82) is 0 Å². The molecular weight excluding hydrogens is 370 g/mol. The maximum absolute atomic E-state index is 12.4. The monoisotopic (exact) mass is 399 g/mol. The Balaban J connectivity index is 1.96. The van der Waals surface area contributed by atoms with Crippen LogP contribution in [-0.4, -0.2) is 57.9 Å². The Bertz CT molecular complexity index is 738. The molecule has 0 aromatic heterocycles. The number of ether oxygens (including phenoxy) is 2. The first kappa shape index (κ1) is 21.7. The van der Waals surface area contributed by atoms with Crippen LogP contribution in [0.2, 0.25) is 0 Å². The number of likely N-dealkylation sites (tertiary alicyclic amines) is 1. The Hall–Kier alpha value is -1.64. The number of carbonyl (C=O) groups excluding carboxylic acids is 1. The number of amides is 1. The summed E-state index contributed by atoms with van der Waals surface area (Å²) in [5.74, 6) is -0.131. The van der Waals surface area contributed by atoms with Crippen molar-refractivity contribution in [2.24, 2.45) is 5.92 Å². The van der Waals surface area contributed by atoms with E-state index >= 15 is 0 Å². The van der Waals surface area contributed by atoms with Crippen LogP contribution in [0.15, 0.2) is 29.2 Å². The van der Waals surface area contributed by atoms with Gasteiger partial charge in [0.15, 0.2) is 0 Å². The highest BCUT2D eigenvalue weighted by molar-refractivity contribution is 7.86. The van der Waals surface area contributed by atoms with Gasteiger partial charge in [0.2, 0.25) is 0 Å². The number of rotatable bonds is 5. The van der Waals surface area contributed by atoms with Gasteiger partial charge in [-0.2, -0.15) is 8.42 Å². The van der Waals surface area contributed by atoms with Gasteiger partial charge in [0.1, 0.15) is 5.60 Å². The fraction of sp³-hybridized carbons (Fsp3) is 0.632. The van der Waals surface area contributed by atoms with Crippen molar-refractivity contribution < 1.29 is 26.9 Å². The summed E-state index contributed by atoms with van der Waals surface area (Å²) in [4.78, 5) is 14.0. The van der Waals surface area contributed by atoms with E-state index in [9.17, 15) is 13.2 Å². The van der Waals surface area contributed by atoms with Crippen molar-refractivity contribution in [3.8, 4) is 0 Å². The molecule has 1 aliphatic rings. The summed E-state index contributed by atoms with van der Waals surface area (Å²) in [6.45, 7) is 8.15. The van der Waals surface area contributed by atoms with Gasteiger partial charge in [-0.15, -0.1) is 0 Å². The topological polar surface area (TPSA) is 82.1 Å². The molecule has 0 spiro atoms. The molecule has 27 heavy (non-hydrogen) atoms. The minimum Gasteiger partial charge on any atom is -0.444 e. The lowest BCUT2D eigenvalue weighted by Gasteiger charge is -2.38. The van der Waals surface area contributed by atoms with Gasteiger partial charge in [0.05, 0.1) is 24.2 Å². The molecule has 1 heterocycles. The van der Waals surface area contributed by atoms with E-state index in [1.807, 2.05) is 27.7 Å². The van der Waals surface area contributed by atoms with Crippen LogP contribution in [0.3, 0.4) is 0 Å². The van der Waals surface area contributed by atoms with Gasteiger partial charge in [-0.05, 0) is 46.2 Å². The summed E-state index contributed by atoms with van der Waals surface area (Å²) in [5, 5.41) is 0. The highest BCUT2D eigenvalue weighted by Crippen LogP contribution is 2.24. The smallest absolute Gasteiger partial charge is 0.410 e. The first-order valence-electron chi connectivity index (χ1n) is 8.98. The SMILES string of the molecule is CO[C@H]1CN(C(=O)OC(C)(C)C)CC[C@@H]1COS(=O)(=O)c1ccc(C)cc1. The van der Waals surface area contributed by atoms with Crippen LogP contribution in [0, 0.1) is 12.8 Å². The number of nitrogens with zero attached hydrogens (tertiary/aromatic N) is 1. The first-order chi connectivity index (χ1) is 12.5. The Kier molecular flexibility index (Phi) is 6.88. The number of methoxy groups -OCH3 is 1. The molecule has 1 aromatic carbocycles. The molecule has 0 bridgehead atoms. The summed E-state index contributed by atoms with van der Waals surface area (Å²) in [7, 11) is -2.28. The van der Waals surface area contributed by atoms with E-state index in [2.05, 4.69) is 0 Å². The number of piperidine rings is 1. The van der Waals surface area contributed by atoms with Crippen molar-refractivity contribution in [3.05, 3.63) is 29.8 Å². The van der Waals surface area contributed by atoms with Gasteiger partial charge in [0, 0.05) is 19.6 Å². The molecule has 8 heteroatoms. The molecular formula is C19H29NO6S. The number of aryl methyl sites for hydroxylation is 1. The van der Waals surface area contributed by atoms with E-state index in [0.29, 0.717) is 19.5 Å². The second-order valence-electron chi connectivity index (χ2n) is 7.80.